The van der Waals surface area contributed by atoms with E-state index in [9.17, 15) is 0 Å². The fourth-order valence-corrected chi connectivity index (χ4v) is 3.58. The number of hydrogen-bond donors (Lipinski definition) is 0. The van der Waals surface area contributed by atoms with Crippen LogP contribution in [-0.2, 0) is 27.7 Å². The van der Waals surface area contributed by atoms with Crippen LogP contribution in [0.3, 0.4) is 0 Å². The number of hydrogen-bond acceptors (Lipinski definition) is 1. The second-order valence-corrected chi connectivity index (χ2v) is 6.52. The molecule has 0 bridgehead atoms. The predicted molar refractivity (Wildman–Crippen MR) is 107 cm³/mol. The van der Waals surface area contributed by atoms with Gasteiger partial charge in [0, 0.05) is 17.7 Å². The van der Waals surface area contributed by atoms with E-state index in [0.29, 0.717) is 0 Å². The average Bonchev–Trinajstić information content (AvgIpc) is 2.66. The second kappa shape index (κ2) is 7.98. The molecule has 0 saturated carbocycles. The Labute approximate surface area is 185 Å². The molecular formula is C24H16ClHgN. The van der Waals surface area contributed by atoms with Gasteiger partial charge in [-0.3, -0.25) is 0 Å². The SMILES string of the molecule is C[C]1C=C=C(N=Cc2ccc3ccc4cccc5ccc2c3c45)C=C1.[Cl-].[Hg+]. The maximum absolute atomic E-state index is 4.62. The third-order valence-electron chi connectivity index (χ3n) is 4.86. The van der Waals surface area contributed by atoms with E-state index in [1.54, 1.807) is 0 Å². The van der Waals surface area contributed by atoms with Crippen LogP contribution in [0.4, 0.5) is 0 Å². The van der Waals surface area contributed by atoms with Gasteiger partial charge >= 0.3 is 27.7 Å². The van der Waals surface area contributed by atoms with Crippen LogP contribution in [0.5, 0.6) is 0 Å². The van der Waals surface area contributed by atoms with Crippen LogP contribution in [0.1, 0.15) is 12.5 Å². The van der Waals surface area contributed by atoms with Crippen LogP contribution >= 0.6 is 0 Å². The molecule has 2 radical (unpaired) electrons. The van der Waals surface area contributed by atoms with Gasteiger partial charge in [-0.1, -0.05) is 73.3 Å². The van der Waals surface area contributed by atoms with Gasteiger partial charge in [0.15, 0.2) is 0 Å². The van der Waals surface area contributed by atoms with Crippen molar-refractivity contribution in [3.05, 3.63) is 95.7 Å². The smallest absolute Gasteiger partial charge is 1.00 e. The van der Waals surface area contributed by atoms with Crippen LogP contribution in [-0.4, -0.2) is 6.21 Å². The van der Waals surface area contributed by atoms with Crippen molar-refractivity contribution in [1.82, 2.24) is 0 Å². The van der Waals surface area contributed by atoms with Gasteiger partial charge < -0.3 is 12.4 Å². The van der Waals surface area contributed by atoms with E-state index in [1.807, 2.05) is 18.4 Å². The Hall–Kier alpha value is -1.92. The molecule has 5 rings (SSSR count). The molecule has 1 aliphatic rings. The molecule has 0 spiro atoms. The topological polar surface area (TPSA) is 12.4 Å². The van der Waals surface area contributed by atoms with Crippen molar-refractivity contribution >= 4 is 38.5 Å². The Kier molecular flexibility index (Phi) is 5.86. The normalized spacial score (nSPS) is 14.0. The summed E-state index contributed by atoms with van der Waals surface area (Å²) in [4.78, 5) is 4.62. The zero-order valence-corrected chi connectivity index (χ0v) is 21.3. The maximum Gasteiger partial charge on any atom is 1.00 e. The Morgan fingerprint density at radius 1 is 0.815 bits per heavy atom. The van der Waals surface area contributed by atoms with Crippen LogP contribution < -0.4 is 12.4 Å². The summed E-state index contributed by atoms with van der Waals surface area (Å²) in [5, 5.41) is 7.77. The summed E-state index contributed by atoms with van der Waals surface area (Å²) in [5.41, 5.74) is 5.20. The van der Waals surface area contributed by atoms with Crippen molar-refractivity contribution in [2.75, 3.05) is 0 Å². The average molecular weight is 554 g/mol. The number of halogens is 1. The second-order valence-electron chi connectivity index (χ2n) is 6.52. The Morgan fingerprint density at radius 3 is 2.19 bits per heavy atom. The molecule has 0 saturated heterocycles. The van der Waals surface area contributed by atoms with Crippen molar-refractivity contribution in [2.45, 2.75) is 6.92 Å². The van der Waals surface area contributed by atoms with Crippen molar-refractivity contribution in [2.24, 2.45) is 4.99 Å². The van der Waals surface area contributed by atoms with E-state index in [2.05, 4.69) is 78.3 Å². The summed E-state index contributed by atoms with van der Waals surface area (Å²) in [6.45, 7) is 2.06. The monoisotopic (exact) mass is 555 g/mol. The molecule has 1 aliphatic carbocycles. The molecule has 4 aromatic carbocycles. The number of rotatable bonds is 2. The number of allylic oxidation sites excluding steroid dienone is 2. The van der Waals surface area contributed by atoms with E-state index >= 15 is 0 Å². The molecule has 3 heteroatoms. The maximum atomic E-state index is 4.62. The van der Waals surface area contributed by atoms with E-state index < -0.39 is 0 Å². The number of benzene rings is 4. The first-order valence-corrected chi connectivity index (χ1v) is 8.48. The molecule has 0 amide bonds. The largest absolute Gasteiger partial charge is 1.00 e. The molecule has 126 valence electrons. The fraction of sp³-hybridized carbons (Fsp3) is 0.0417. The minimum atomic E-state index is 0. The van der Waals surface area contributed by atoms with Gasteiger partial charge in [-0.05, 0) is 44.5 Å². The van der Waals surface area contributed by atoms with Crippen LogP contribution in [0.15, 0.2) is 89.2 Å². The summed E-state index contributed by atoms with van der Waals surface area (Å²) in [7, 11) is 0. The first-order valence-electron chi connectivity index (χ1n) is 8.48. The fourth-order valence-electron chi connectivity index (χ4n) is 3.58. The Morgan fingerprint density at radius 2 is 1.48 bits per heavy atom. The molecule has 0 heterocycles. The summed E-state index contributed by atoms with van der Waals surface area (Å²) in [6.07, 6.45) is 7.99. The van der Waals surface area contributed by atoms with Crippen molar-refractivity contribution in [1.29, 1.82) is 0 Å². The van der Waals surface area contributed by atoms with Crippen molar-refractivity contribution in [3.8, 4) is 0 Å². The van der Waals surface area contributed by atoms with Crippen molar-refractivity contribution < 1.29 is 40.1 Å². The first-order chi connectivity index (χ1) is 12.3. The predicted octanol–water partition coefficient (Wildman–Crippen LogP) is 3.21. The molecule has 4 aromatic rings. The quantitative estimate of drug-likeness (QED) is 0.156. The van der Waals surface area contributed by atoms with Gasteiger partial charge in [-0.2, -0.15) is 0 Å². The summed E-state index contributed by atoms with van der Waals surface area (Å²) in [6, 6.07) is 19.7. The van der Waals surface area contributed by atoms with Gasteiger partial charge in [0.1, 0.15) is 5.70 Å². The zero-order chi connectivity index (χ0) is 16.8. The van der Waals surface area contributed by atoms with Crippen molar-refractivity contribution in [3.63, 3.8) is 0 Å². The molecule has 0 aliphatic heterocycles. The third kappa shape index (κ3) is 3.48. The van der Waals surface area contributed by atoms with Crippen LogP contribution in [0.2, 0.25) is 0 Å². The summed E-state index contributed by atoms with van der Waals surface area (Å²) >= 11 is 0. The van der Waals surface area contributed by atoms with Crippen LogP contribution in [0, 0.1) is 5.92 Å². The van der Waals surface area contributed by atoms with E-state index in [1.165, 1.54) is 38.2 Å². The summed E-state index contributed by atoms with van der Waals surface area (Å²) < 4.78 is 0. The minimum absolute atomic E-state index is 0. The zero-order valence-electron chi connectivity index (χ0n) is 15.0. The minimum Gasteiger partial charge on any atom is -1.00 e. The van der Waals surface area contributed by atoms with Gasteiger partial charge in [-0.15, -0.1) is 0 Å². The van der Waals surface area contributed by atoms with Gasteiger partial charge in [0.2, 0.25) is 0 Å². The van der Waals surface area contributed by atoms with Crippen LogP contribution in [0.25, 0.3) is 32.3 Å². The van der Waals surface area contributed by atoms with Gasteiger partial charge in [0.05, 0.1) is 0 Å². The van der Waals surface area contributed by atoms with Gasteiger partial charge in [-0.25, -0.2) is 4.99 Å². The molecule has 0 N–H and O–H groups in total. The molecule has 0 aromatic heterocycles. The third-order valence-corrected chi connectivity index (χ3v) is 4.86. The Bertz CT molecular complexity index is 1230. The van der Waals surface area contributed by atoms with Gasteiger partial charge in [0.25, 0.3) is 0 Å². The van der Waals surface area contributed by atoms with E-state index in [-0.39, 0.29) is 40.1 Å². The summed E-state index contributed by atoms with van der Waals surface area (Å²) in [5.74, 6) is 1.20. The molecular weight excluding hydrogens is 538 g/mol. The standard InChI is InChI=1S/C24H16N.ClH.Hg/c1-16-5-12-21(13-6-16)25-15-20-10-9-19-8-7-17-3-2-4-18-11-14-22(20)24(19)23(17)18;;/h2-12,14-15H,1H3;1H;/q;;+1/p-1. The number of nitrogens with zero attached hydrogens (tertiary/aromatic N) is 1. The van der Waals surface area contributed by atoms with E-state index in [4.69, 9.17) is 0 Å². The molecule has 0 unspecified atom stereocenters. The molecule has 0 atom stereocenters. The molecule has 1 nitrogen and oxygen atoms in total. The molecule has 0 fully saturated rings. The van der Waals surface area contributed by atoms with E-state index in [0.717, 1.165) is 11.3 Å². The first kappa shape index (κ1) is 19.8. The molecule has 27 heavy (non-hydrogen) atoms. The number of aliphatic imine (C=N–C) groups is 1. The Balaban J connectivity index is 0.00000105.